The molecule has 5 nitrogen and oxygen atoms in total. The van der Waals surface area contributed by atoms with Crippen molar-refractivity contribution < 1.29 is 13.3 Å². The predicted octanol–water partition coefficient (Wildman–Crippen LogP) is 4.03. The van der Waals surface area contributed by atoms with Crippen molar-refractivity contribution in [3.05, 3.63) is 59.4 Å². The van der Waals surface area contributed by atoms with Crippen molar-refractivity contribution in [2.75, 3.05) is 0 Å². The fraction of sp³-hybridized carbons (Fsp3) is 0.333. The molecule has 7 heteroatoms. The first-order valence-electron chi connectivity index (χ1n) is 8.20. The van der Waals surface area contributed by atoms with Gasteiger partial charge in [0.05, 0.1) is 17.0 Å². The van der Waals surface area contributed by atoms with Gasteiger partial charge in [-0.3, -0.25) is 0 Å². The van der Waals surface area contributed by atoms with Crippen LogP contribution in [0, 0.1) is 11.6 Å². The smallest absolute Gasteiger partial charge is 0.213 e. The molecule has 1 aliphatic rings. The number of rotatable bonds is 3. The van der Waals surface area contributed by atoms with Gasteiger partial charge in [0.15, 0.2) is 5.82 Å². The van der Waals surface area contributed by atoms with E-state index >= 15 is 0 Å². The van der Waals surface area contributed by atoms with Crippen LogP contribution in [0.15, 0.2) is 35.2 Å². The summed E-state index contributed by atoms with van der Waals surface area (Å²) < 4.78 is 32.9. The molecule has 1 unspecified atom stereocenters. The molecule has 0 N–H and O–H groups in total. The van der Waals surface area contributed by atoms with Crippen LogP contribution in [0.25, 0.3) is 11.3 Å². The lowest BCUT2D eigenvalue weighted by Crippen LogP contribution is -2.18. The highest BCUT2D eigenvalue weighted by atomic mass is 19.1. The molecule has 1 aliphatic carbocycles. The quantitative estimate of drug-likeness (QED) is 0.719. The summed E-state index contributed by atoms with van der Waals surface area (Å²) in [5.74, 6) is -0.282. The molecule has 0 saturated carbocycles. The third-order valence-electron chi connectivity index (χ3n) is 4.77. The van der Waals surface area contributed by atoms with E-state index in [9.17, 15) is 8.78 Å². The van der Waals surface area contributed by atoms with Gasteiger partial charge in [0.2, 0.25) is 6.39 Å². The summed E-state index contributed by atoms with van der Waals surface area (Å²) in [4.78, 5) is 4.07. The van der Waals surface area contributed by atoms with Crippen LogP contribution < -0.4 is 0 Å². The van der Waals surface area contributed by atoms with Gasteiger partial charge in [-0.2, -0.15) is 15.2 Å². The second kappa shape index (κ2) is 6.31. The molecule has 0 saturated heterocycles. The Hall–Kier alpha value is -2.70. The van der Waals surface area contributed by atoms with Crippen LogP contribution in [0.5, 0.6) is 0 Å². The van der Waals surface area contributed by atoms with Gasteiger partial charge in [-0.25, -0.2) is 8.78 Å². The average Bonchev–Trinajstić information content (AvgIpc) is 3.11. The molecule has 0 amide bonds. The summed E-state index contributed by atoms with van der Waals surface area (Å²) in [5.41, 5.74) is 1.92. The van der Waals surface area contributed by atoms with Crippen LogP contribution in [0.4, 0.5) is 8.78 Å². The van der Waals surface area contributed by atoms with Crippen LogP contribution in [-0.4, -0.2) is 20.3 Å². The molecule has 2 heterocycles. The third-order valence-corrected chi connectivity index (χ3v) is 4.77. The SMILES string of the molecule is C[C@H]1CCC(Cc2ncon2)c2nnc(-c3c(F)cccc3F)cc21. The Morgan fingerprint density at radius 3 is 2.68 bits per heavy atom. The van der Waals surface area contributed by atoms with Crippen LogP contribution in [0.2, 0.25) is 0 Å². The minimum absolute atomic E-state index is 0.121. The monoisotopic (exact) mass is 342 g/mol. The van der Waals surface area contributed by atoms with E-state index in [0.717, 1.165) is 24.1 Å². The molecule has 0 spiro atoms. The molecule has 3 aromatic rings. The topological polar surface area (TPSA) is 64.7 Å². The van der Waals surface area contributed by atoms with Crippen LogP contribution in [-0.2, 0) is 6.42 Å². The maximum Gasteiger partial charge on any atom is 0.213 e. The van der Waals surface area contributed by atoms with Gasteiger partial charge in [-0.15, -0.1) is 0 Å². The van der Waals surface area contributed by atoms with E-state index in [1.165, 1.54) is 24.6 Å². The molecule has 0 aliphatic heterocycles. The number of halogens is 2. The number of hydrogen-bond acceptors (Lipinski definition) is 5. The first kappa shape index (κ1) is 15.8. The van der Waals surface area contributed by atoms with Crippen molar-refractivity contribution in [3.8, 4) is 11.3 Å². The minimum atomic E-state index is -0.638. The molecular weight excluding hydrogens is 326 g/mol. The van der Waals surface area contributed by atoms with E-state index in [2.05, 4.69) is 27.3 Å². The summed E-state index contributed by atoms with van der Waals surface area (Å²) in [5, 5.41) is 12.3. The zero-order chi connectivity index (χ0) is 17.4. The molecule has 0 fully saturated rings. The van der Waals surface area contributed by atoms with Crippen LogP contribution in [0.1, 0.15) is 48.7 Å². The maximum absolute atomic E-state index is 14.1. The number of benzene rings is 1. The summed E-state index contributed by atoms with van der Waals surface area (Å²) >= 11 is 0. The number of fused-ring (bicyclic) bond motifs is 1. The fourth-order valence-corrected chi connectivity index (χ4v) is 3.44. The normalized spacial score (nSPS) is 19.6. The van der Waals surface area contributed by atoms with E-state index in [-0.39, 0.29) is 23.1 Å². The average molecular weight is 342 g/mol. The molecule has 2 atom stereocenters. The molecule has 1 aromatic carbocycles. The Kier molecular flexibility index (Phi) is 3.99. The molecule has 4 rings (SSSR count). The lowest BCUT2D eigenvalue weighted by molar-refractivity contribution is 0.402. The van der Waals surface area contributed by atoms with Crippen LogP contribution in [0.3, 0.4) is 0 Å². The number of aromatic nitrogens is 4. The molecule has 0 bridgehead atoms. The van der Waals surface area contributed by atoms with Gasteiger partial charge in [0.25, 0.3) is 0 Å². The molecule has 128 valence electrons. The molecule has 0 radical (unpaired) electrons. The molecular formula is C18H16F2N4O. The van der Waals surface area contributed by atoms with Crippen molar-refractivity contribution in [1.29, 1.82) is 0 Å². The van der Waals surface area contributed by atoms with Crippen LogP contribution >= 0.6 is 0 Å². The first-order chi connectivity index (χ1) is 12.1. The Morgan fingerprint density at radius 1 is 1.16 bits per heavy atom. The number of hydrogen-bond donors (Lipinski definition) is 0. The van der Waals surface area contributed by atoms with Gasteiger partial charge >= 0.3 is 0 Å². The summed E-state index contributed by atoms with van der Waals surface area (Å²) in [6.07, 6.45) is 3.81. The van der Waals surface area contributed by atoms with Crippen molar-refractivity contribution in [3.63, 3.8) is 0 Å². The van der Waals surface area contributed by atoms with Crippen molar-refractivity contribution in [2.45, 2.75) is 38.0 Å². The van der Waals surface area contributed by atoms with E-state index in [1.807, 2.05) is 0 Å². The highest BCUT2D eigenvalue weighted by Gasteiger charge is 2.29. The highest BCUT2D eigenvalue weighted by molar-refractivity contribution is 5.61. The Balaban J connectivity index is 1.74. The van der Waals surface area contributed by atoms with Gasteiger partial charge < -0.3 is 4.52 Å². The van der Waals surface area contributed by atoms with Crippen molar-refractivity contribution in [1.82, 2.24) is 20.3 Å². The zero-order valence-electron chi connectivity index (χ0n) is 13.6. The zero-order valence-corrected chi connectivity index (χ0v) is 13.6. The molecule has 25 heavy (non-hydrogen) atoms. The highest BCUT2D eigenvalue weighted by Crippen LogP contribution is 2.40. The summed E-state index contributed by atoms with van der Waals surface area (Å²) in [6.45, 7) is 2.09. The van der Waals surface area contributed by atoms with Crippen molar-refractivity contribution in [2.24, 2.45) is 0 Å². The van der Waals surface area contributed by atoms with Gasteiger partial charge in [-0.05, 0) is 42.5 Å². The Bertz CT molecular complexity index is 878. The Labute approximate surface area is 143 Å². The van der Waals surface area contributed by atoms with Gasteiger partial charge in [0, 0.05) is 12.3 Å². The Morgan fingerprint density at radius 2 is 1.96 bits per heavy atom. The fourth-order valence-electron chi connectivity index (χ4n) is 3.44. The predicted molar refractivity (Wildman–Crippen MR) is 85.8 cm³/mol. The minimum Gasteiger partial charge on any atom is -0.343 e. The van der Waals surface area contributed by atoms with E-state index < -0.39 is 11.6 Å². The number of nitrogens with zero attached hydrogens (tertiary/aromatic N) is 4. The molecule has 2 aromatic heterocycles. The van der Waals surface area contributed by atoms with E-state index in [0.29, 0.717) is 12.2 Å². The summed E-state index contributed by atoms with van der Waals surface area (Å²) in [6, 6.07) is 5.55. The second-order valence-electron chi connectivity index (χ2n) is 6.39. The third kappa shape index (κ3) is 2.90. The van der Waals surface area contributed by atoms with Crippen molar-refractivity contribution >= 4 is 0 Å². The maximum atomic E-state index is 14.1. The standard InChI is InChI=1S/C18H16F2N4O/c1-10-5-6-11(7-16-21-9-25-24-16)18-12(10)8-15(22-23-18)17-13(19)3-2-4-14(17)20/h2-4,8-11H,5-7H2,1H3/t10-,11?/m0/s1. The first-order valence-corrected chi connectivity index (χ1v) is 8.20. The lowest BCUT2D eigenvalue weighted by Gasteiger charge is -2.27. The lowest BCUT2D eigenvalue weighted by atomic mass is 9.79. The van der Waals surface area contributed by atoms with Gasteiger partial charge in [-0.1, -0.05) is 18.1 Å². The van der Waals surface area contributed by atoms with E-state index in [4.69, 9.17) is 4.52 Å². The second-order valence-corrected chi connectivity index (χ2v) is 6.39. The summed E-state index contributed by atoms with van der Waals surface area (Å²) in [7, 11) is 0. The van der Waals surface area contributed by atoms with E-state index in [1.54, 1.807) is 6.07 Å². The van der Waals surface area contributed by atoms with Gasteiger partial charge in [0.1, 0.15) is 11.6 Å². The largest absolute Gasteiger partial charge is 0.343 e.